The van der Waals surface area contributed by atoms with Crippen molar-refractivity contribution in [2.75, 3.05) is 12.9 Å². The van der Waals surface area contributed by atoms with Crippen LogP contribution in [-0.2, 0) is 20.1 Å². The molecular weight excluding hydrogens is 372 g/mol. The van der Waals surface area contributed by atoms with Gasteiger partial charge in [0, 0.05) is 16.9 Å². The lowest BCUT2D eigenvalue weighted by molar-refractivity contribution is -0.155. The number of carbonyl (C=O) groups excluding carboxylic acids is 4. The molecule has 0 radical (unpaired) electrons. The van der Waals surface area contributed by atoms with E-state index in [9.17, 15) is 19.2 Å². The van der Waals surface area contributed by atoms with Crippen LogP contribution in [0.5, 0.6) is 5.75 Å². The number of nitrogens with two attached hydrogens (primary N) is 1. The Bertz CT molecular complexity index is 720. The number of thioether (sulfide) groups is 1. The predicted molar refractivity (Wildman–Crippen MR) is 102 cm³/mol. The van der Waals surface area contributed by atoms with Gasteiger partial charge in [0.15, 0.2) is 11.9 Å². The molecule has 1 aromatic rings. The summed E-state index contributed by atoms with van der Waals surface area (Å²) in [4.78, 5) is 46.2. The summed E-state index contributed by atoms with van der Waals surface area (Å²) in [5.74, 6) is -0.734. The first-order valence-electron chi connectivity index (χ1n) is 8.21. The molecule has 0 saturated heterocycles. The van der Waals surface area contributed by atoms with Crippen molar-refractivity contribution in [3.05, 3.63) is 29.3 Å². The highest BCUT2D eigenvalue weighted by atomic mass is 32.2. The second kappa shape index (κ2) is 10.6. The lowest BCUT2D eigenvalue weighted by atomic mass is 10.1. The van der Waals surface area contributed by atoms with Gasteiger partial charge in [-0.3, -0.25) is 19.7 Å². The number of amides is 3. The summed E-state index contributed by atoms with van der Waals surface area (Å²) in [6, 6.07) is 4.09. The lowest BCUT2D eigenvalue weighted by Crippen LogP contribution is -2.45. The van der Waals surface area contributed by atoms with Crippen molar-refractivity contribution in [2.45, 2.75) is 32.6 Å². The molecule has 0 aliphatic rings. The molecular formula is C18H24N2O6S. The van der Waals surface area contributed by atoms with Crippen LogP contribution in [0.25, 0.3) is 0 Å². The largest absolute Gasteiger partial charge is 0.496 e. The number of Topliss-reactive ketones (excluding diaryl/α,β-unsaturated/α-hetero) is 1. The first kappa shape index (κ1) is 22.5. The van der Waals surface area contributed by atoms with Gasteiger partial charge in [0.05, 0.1) is 12.9 Å². The number of primary amides is 1. The molecule has 0 spiro atoms. The summed E-state index contributed by atoms with van der Waals surface area (Å²) < 4.78 is 10.4. The fourth-order valence-corrected chi connectivity index (χ4v) is 3.00. The second-order valence-electron chi connectivity index (χ2n) is 6.08. The molecule has 0 saturated carbocycles. The highest BCUT2D eigenvalue weighted by Gasteiger charge is 2.27. The third-order valence-electron chi connectivity index (χ3n) is 3.53. The van der Waals surface area contributed by atoms with E-state index < -0.39 is 24.0 Å². The maximum absolute atomic E-state index is 12.0. The van der Waals surface area contributed by atoms with Gasteiger partial charge in [0.25, 0.3) is 5.91 Å². The number of rotatable bonds is 9. The summed E-state index contributed by atoms with van der Waals surface area (Å²) in [6.07, 6.45) is -1.11. The molecule has 8 nitrogen and oxygen atoms in total. The van der Waals surface area contributed by atoms with Crippen LogP contribution in [0.15, 0.2) is 18.2 Å². The summed E-state index contributed by atoms with van der Waals surface area (Å²) in [5, 5.41) is 1.91. The fourth-order valence-electron chi connectivity index (χ4n) is 2.22. The second-order valence-corrected chi connectivity index (χ2v) is 7.07. The summed E-state index contributed by atoms with van der Waals surface area (Å²) in [7, 11) is 1.52. The highest BCUT2D eigenvalue weighted by molar-refractivity contribution is 7.99. The van der Waals surface area contributed by atoms with E-state index in [1.54, 1.807) is 32.0 Å². The smallest absolute Gasteiger partial charge is 0.318 e. The van der Waals surface area contributed by atoms with Gasteiger partial charge in [-0.25, -0.2) is 4.79 Å². The summed E-state index contributed by atoms with van der Waals surface area (Å²) in [5.41, 5.74) is 6.24. The Morgan fingerprint density at radius 1 is 1.22 bits per heavy atom. The van der Waals surface area contributed by atoms with E-state index in [2.05, 4.69) is 0 Å². The van der Waals surface area contributed by atoms with Gasteiger partial charge in [0.1, 0.15) is 5.75 Å². The van der Waals surface area contributed by atoms with E-state index in [1.807, 2.05) is 5.32 Å². The Labute approximate surface area is 162 Å². The molecule has 0 fully saturated rings. The molecule has 0 aliphatic heterocycles. The van der Waals surface area contributed by atoms with E-state index in [4.69, 9.17) is 15.2 Å². The first-order chi connectivity index (χ1) is 12.6. The summed E-state index contributed by atoms with van der Waals surface area (Å²) >= 11 is 1.25. The molecule has 0 unspecified atom stereocenters. The molecule has 3 N–H and O–H groups in total. The van der Waals surface area contributed by atoms with Crippen molar-refractivity contribution >= 4 is 35.5 Å². The van der Waals surface area contributed by atoms with E-state index in [0.717, 1.165) is 5.56 Å². The van der Waals surface area contributed by atoms with E-state index in [-0.39, 0.29) is 17.5 Å². The zero-order valence-electron chi connectivity index (χ0n) is 15.7. The average Bonchev–Trinajstić information content (AvgIpc) is 2.58. The number of esters is 1. The lowest BCUT2D eigenvalue weighted by Gasteiger charge is -2.19. The van der Waals surface area contributed by atoms with E-state index >= 15 is 0 Å². The van der Waals surface area contributed by atoms with Gasteiger partial charge in [-0.1, -0.05) is 13.8 Å². The molecule has 1 atom stereocenters. The molecule has 9 heteroatoms. The number of ketones is 1. The van der Waals surface area contributed by atoms with Crippen molar-refractivity contribution in [3.8, 4) is 5.75 Å². The average molecular weight is 396 g/mol. The molecule has 3 amide bonds. The van der Waals surface area contributed by atoms with Crippen LogP contribution in [0.4, 0.5) is 4.79 Å². The van der Waals surface area contributed by atoms with Crippen LogP contribution in [-0.4, -0.2) is 42.7 Å². The molecule has 0 aliphatic carbocycles. The van der Waals surface area contributed by atoms with Gasteiger partial charge in [-0.05, 0) is 31.0 Å². The molecule has 0 heterocycles. The number of hydrogen-bond acceptors (Lipinski definition) is 7. The topological polar surface area (TPSA) is 125 Å². The van der Waals surface area contributed by atoms with Gasteiger partial charge in [0.2, 0.25) is 0 Å². The van der Waals surface area contributed by atoms with Crippen molar-refractivity contribution in [2.24, 2.45) is 11.7 Å². The van der Waals surface area contributed by atoms with Gasteiger partial charge in [-0.2, -0.15) is 0 Å². The molecule has 1 aromatic carbocycles. The van der Waals surface area contributed by atoms with Crippen LogP contribution in [0.2, 0.25) is 0 Å². The number of carbonyl (C=O) groups is 4. The Kier molecular flexibility index (Phi) is 8.80. The van der Waals surface area contributed by atoms with Crippen LogP contribution < -0.4 is 15.8 Å². The normalized spacial score (nSPS) is 11.6. The van der Waals surface area contributed by atoms with Crippen molar-refractivity contribution in [1.82, 2.24) is 5.32 Å². The number of methoxy groups -OCH3 is 1. The molecule has 1 rings (SSSR count). The first-order valence-corrected chi connectivity index (χ1v) is 9.36. The molecule has 0 bridgehead atoms. The number of imide groups is 1. The maximum Gasteiger partial charge on any atom is 0.318 e. The Morgan fingerprint density at radius 2 is 1.89 bits per heavy atom. The Balaban J connectivity index is 2.66. The minimum absolute atomic E-state index is 0.0134. The zero-order valence-corrected chi connectivity index (χ0v) is 16.6. The van der Waals surface area contributed by atoms with E-state index in [0.29, 0.717) is 17.1 Å². The minimum Gasteiger partial charge on any atom is -0.496 e. The summed E-state index contributed by atoms with van der Waals surface area (Å²) in [6.45, 7) is 4.84. The predicted octanol–water partition coefficient (Wildman–Crippen LogP) is 1.89. The standard InChI is InChI=1S/C18H24N2O6S/c1-10(2)16(17(23)20-18(19)24)26-15(22)9-27-8-13-7-12(11(3)21)5-6-14(13)25-4/h5-7,10,16H,8-9H2,1-4H3,(H3,19,20,23,24)/t16-/m0/s1. The quantitative estimate of drug-likeness (QED) is 0.482. The third-order valence-corrected chi connectivity index (χ3v) is 4.49. The fraction of sp³-hybridized carbons (Fsp3) is 0.444. The van der Waals surface area contributed by atoms with Gasteiger partial charge >= 0.3 is 12.0 Å². The Morgan fingerprint density at radius 3 is 2.41 bits per heavy atom. The monoisotopic (exact) mass is 396 g/mol. The SMILES string of the molecule is COc1ccc(C(C)=O)cc1CSCC(=O)O[C@H](C(=O)NC(N)=O)C(C)C. The van der Waals surface area contributed by atoms with Gasteiger partial charge < -0.3 is 15.2 Å². The van der Waals surface area contributed by atoms with E-state index in [1.165, 1.54) is 25.8 Å². The van der Waals surface area contributed by atoms with Gasteiger partial charge in [-0.15, -0.1) is 11.8 Å². The number of ether oxygens (including phenoxy) is 2. The minimum atomic E-state index is -1.11. The highest BCUT2D eigenvalue weighted by Crippen LogP contribution is 2.25. The molecule has 0 aromatic heterocycles. The van der Waals surface area contributed by atoms with Crippen molar-refractivity contribution in [1.29, 1.82) is 0 Å². The van der Waals surface area contributed by atoms with Crippen molar-refractivity contribution < 1.29 is 28.7 Å². The molecule has 148 valence electrons. The van der Waals surface area contributed by atoms with Crippen LogP contribution in [0.3, 0.4) is 0 Å². The van der Waals surface area contributed by atoms with Crippen LogP contribution in [0, 0.1) is 5.92 Å². The number of hydrogen-bond donors (Lipinski definition) is 2. The Hall–Kier alpha value is -2.55. The number of nitrogens with one attached hydrogen (secondary N) is 1. The zero-order chi connectivity index (χ0) is 20.6. The maximum atomic E-state index is 12.0. The third kappa shape index (κ3) is 7.30. The number of benzene rings is 1. The molecule has 27 heavy (non-hydrogen) atoms. The van der Waals surface area contributed by atoms with Crippen molar-refractivity contribution in [3.63, 3.8) is 0 Å². The van der Waals surface area contributed by atoms with Crippen LogP contribution >= 0.6 is 11.8 Å². The number of urea groups is 1. The van der Waals surface area contributed by atoms with Crippen LogP contribution in [0.1, 0.15) is 36.7 Å².